The fourth-order valence-corrected chi connectivity index (χ4v) is 6.76. The molecule has 5 heterocycles. The highest BCUT2D eigenvalue weighted by atomic mass is 32.1. The first-order chi connectivity index (χ1) is 18.8. The highest BCUT2D eigenvalue weighted by molar-refractivity contribution is 7.19. The lowest BCUT2D eigenvalue weighted by Crippen LogP contribution is -2.59. The van der Waals surface area contributed by atoms with Crippen LogP contribution in [-0.4, -0.2) is 95.7 Å². The Morgan fingerprint density at radius 3 is 2.64 bits per heavy atom. The third kappa shape index (κ3) is 5.00. The van der Waals surface area contributed by atoms with Gasteiger partial charge in [0.15, 0.2) is 11.6 Å². The van der Waals surface area contributed by atoms with E-state index in [2.05, 4.69) is 31.1 Å². The summed E-state index contributed by atoms with van der Waals surface area (Å²) in [6, 6.07) is 7.12. The summed E-state index contributed by atoms with van der Waals surface area (Å²) in [7, 11) is 1.69. The number of nitrogens with one attached hydrogen (secondary N) is 2. The maximum Gasteiger partial charge on any atom is 0.239 e. The third-order valence-electron chi connectivity index (χ3n) is 7.91. The van der Waals surface area contributed by atoms with Gasteiger partial charge in [0.05, 0.1) is 29.0 Å². The molecule has 3 aromatic heterocycles. The van der Waals surface area contributed by atoms with Gasteiger partial charge in [0.25, 0.3) is 0 Å². The van der Waals surface area contributed by atoms with Gasteiger partial charge in [0.2, 0.25) is 5.91 Å². The van der Waals surface area contributed by atoms with Gasteiger partial charge in [-0.15, -0.1) is 11.3 Å². The van der Waals surface area contributed by atoms with Crippen LogP contribution in [0.1, 0.15) is 18.7 Å². The van der Waals surface area contributed by atoms with Crippen molar-refractivity contribution in [3.8, 4) is 11.4 Å². The van der Waals surface area contributed by atoms with Crippen LogP contribution in [0.5, 0.6) is 0 Å². The van der Waals surface area contributed by atoms with E-state index in [0.717, 1.165) is 72.8 Å². The van der Waals surface area contributed by atoms with E-state index in [1.807, 2.05) is 26.1 Å². The van der Waals surface area contributed by atoms with Gasteiger partial charge in [-0.25, -0.2) is 14.4 Å². The number of fused-ring (bicyclic) bond motifs is 2. The maximum absolute atomic E-state index is 14.5. The average molecular weight is 552 g/mol. The van der Waals surface area contributed by atoms with E-state index in [4.69, 9.17) is 14.7 Å². The summed E-state index contributed by atoms with van der Waals surface area (Å²) >= 11 is 1.73. The first kappa shape index (κ1) is 26.1. The normalized spacial score (nSPS) is 17.8. The quantitative estimate of drug-likeness (QED) is 0.379. The number of ether oxygens (including phenoxy) is 1. The Morgan fingerprint density at radius 1 is 1.13 bits per heavy atom. The molecule has 0 unspecified atom stereocenters. The molecule has 0 aliphatic carbocycles. The number of anilines is 1. The number of amides is 1. The van der Waals surface area contributed by atoms with Crippen molar-refractivity contribution in [2.45, 2.75) is 25.9 Å². The number of aromatic nitrogens is 3. The molecule has 2 fully saturated rings. The molecule has 0 bridgehead atoms. The SMILES string of the molecule is CNC(=O)C(C)(C)N1CCN(Cc2cc3nc(-c4cc(F)cc5[nH]ccc45)nc(N4CCOCC4)c3s2)CC1. The van der Waals surface area contributed by atoms with Crippen LogP contribution in [0.25, 0.3) is 32.5 Å². The molecule has 6 rings (SSSR count). The molecule has 2 N–H and O–H groups in total. The van der Waals surface area contributed by atoms with Gasteiger partial charge in [0, 0.05) is 80.4 Å². The predicted molar refractivity (Wildman–Crippen MR) is 153 cm³/mol. The zero-order valence-corrected chi connectivity index (χ0v) is 23.4. The fourth-order valence-electron chi connectivity index (χ4n) is 5.60. The molecule has 4 aromatic rings. The highest BCUT2D eigenvalue weighted by Crippen LogP contribution is 2.37. The second-order valence-electron chi connectivity index (χ2n) is 10.7. The van der Waals surface area contributed by atoms with Gasteiger partial charge < -0.3 is 19.9 Å². The molecule has 1 amide bonds. The molecule has 39 heavy (non-hydrogen) atoms. The van der Waals surface area contributed by atoms with Crippen molar-refractivity contribution in [1.29, 1.82) is 0 Å². The van der Waals surface area contributed by atoms with Gasteiger partial charge in [-0.1, -0.05) is 0 Å². The summed E-state index contributed by atoms with van der Waals surface area (Å²) in [5.41, 5.74) is 1.77. The van der Waals surface area contributed by atoms with Crippen molar-refractivity contribution in [1.82, 2.24) is 30.1 Å². The van der Waals surface area contributed by atoms with Gasteiger partial charge in [-0.2, -0.15) is 0 Å². The van der Waals surface area contributed by atoms with Crippen LogP contribution >= 0.6 is 11.3 Å². The van der Waals surface area contributed by atoms with E-state index in [1.165, 1.54) is 17.0 Å². The summed E-state index contributed by atoms with van der Waals surface area (Å²) in [5, 5.41) is 3.69. The second-order valence-corrected chi connectivity index (χ2v) is 11.8. The van der Waals surface area contributed by atoms with E-state index in [-0.39, 0.29) is 11.7 Å². The lowest BCUT2D eigenvalue weighted by molar-refractivity contribution is -0.132. The summed E-state index contributed by atoms with van der Waals surface area (Å²) in [6.45, 7) is 11.0. The molecule has 0 saturated carbocycles. The Kier molecular flexibility index (Phi) is 7.00. The van der Waals surface area contributed by atoms with Gasteiger partial charge in [-0.3, -0.25) is 14.6 Å². The number of halogens is 1. The number of piperazine rings is 1. The number of carbonyl (C=O) groups excluding carboxylic acids is 1. The molecule has 1 aromatic carbocycles. The van der Waals surface area contributed by atoms with Crippen LogP contribution in [0.4, 0.5) is 10.2 Å². The Bertz CT molecular complexity index is 1500. The number of benzene rings is 1. The minimum Gasteiger partial charge on any atom is -0.378 e. The molecule has 0 atom stereocenters. The van der Waals surface area contributed by atoms with Crippen molar-refractivity contribution < 1.29 is 13.9 Å². The van der Waals surface area contributed by atoms with Crippen molar-refractivity contribution in [2.24, 2.45) is 0 Å². The van der Waals surface area contributed by atoms with E-state index in [1.54, 1.807) is 18.4 Å². The van der Waals surface area contributed by atoms with Gasteiger partial charge >= 0.3 is 0 Å². The Hall–Kier alpha value is -3.12. The molecular formula is C28H34FN7O2S. The fraction of sp³-hybridized carbons (Fsp3) is 0.464. The largest absolute Gasteiger partial charge is 0.378 e. The molecule has 0 spiro atoms. The van der Waals surface area contributed by atoms with Gasteiger partial charge in [0.1, 0.15) is 5.82 Å². The molecule has 2 aliphatic heterocycles. The summed E-state index contributed by atoms with van der Waals surface area (Å²) in [6.07, 6.45) is 1.81. The second kappa shape index (κ2) is 10.5. The van der Waals surface area contributed by atoms with Crippen LogP contribution in [0.3, 0.4) is 0 Å². The molecule has 2 saturated heterocycles. The molecule has 0 radical (unpaired) electrons. The number of thiophene rings is 1. The van der Waals surface area contributed by atoms with Crippen molar-refractivity contribution in [2.75, 3.05) is 64.4 Å². The van der Waals surface area contributed by atoms with E-state index >= 15 is 0 Å². The zero-order valence-electron chi connectivity index (χ0n) is 22.6. The highest BCUT2D eigenvalue weighted by Gasteiger charge is 2.35. The lowest BCUT2D eigenvalue weighted by Gasteiger charge is -2.42. The summed E-state index contributed by atoms with van der Waals surface area (Å²) in [4.78, 5) is 33.6. The number of likely N-dealkylation sites (N-methyl/N-ethyl adjacent to an activating group) is 1. The van der Waals surface area contributed by atoms with Crippen molar-refractivity contribution in [3.05, 3.63) is 41.2 Å². The standard InChI is InChI=1S/C28H34FN7O2S/c1-28(2,27(37)30-3)36-8-6-34(7-9-36)17-19-16-23-24(39-19)26(35-10-12-38-13-11-35)33-25(32-23)21-14-18(29)15-22-20(21)4-5-31-22/h4-5,14-16,31H,6-13,17H2,1-3H3,(H,30,37). The minimum absolute atomic E-state index is 0.0423. The first-order valence-corrected chi connectivity index (χ1v) is 14.2. The summed E-state index contributed by atoms with van der Waals surface area (Å²) < 4.78 is 21.2. The number of hydrogen-bond acceptors (Lipinski definition) is 8. The van der Waals surface area contributed by atoms with Gasteiger partial charge in [-0.05, 0) is 38.1 Å². The monoisotopic (exact) mass is 551 g/mol. The summed E-state index contributed by atoms with van der Waals surface area (Å²) in [5.74, 6) is 1.14. The van der Waals surface area contributed by atoms with E-state index in [9.17, 15) is 9.18 Å². The molecular weight excluding hydrogens is 517 g/mol. The maximum atomic E-state index is 14.5. The van der Waals surface area contributed by atoms with Crippen LogP contribution in [0.15, 0.2) is 30.5 Å². The Labute approximate surface area is 231 Å². The molecule has 2 aliphatic rings. The van der Waals surface area contributed by atoms with E-state index < -0.39 is 5.54 Å². The number of carbonyl (C=O) groups is 1. The number of H-pyrrole nitrogens is 1. The Morgan fingerprint density at radius 2 is 1.90 bits per heavy atom. The van der Waals surface area contributed by atoms with Crippen LogP contribution < -0.4 is 10.2 Å². The van der Waals surface area contributed by atoms with Crippen molar-refractivity contribution in [3.63, 3.8) is 0 Å². The number of rotatable bonds is 6. The predicted octanol–water partition coefficient (Wildman–Crippen LogP) is 3.46. The number of morpholine rings is 1. The third-order valence-corrected chi connectivity index (χ3v) is 9.02. The smallest absolute Gasteiger partial charge is 0.239 e. The van der Waals surface area contributed by atoms with E-state index in [0.29, 0.717) is 24.6 Å². The zero-order chi connectivity index (χ0) is 27.1. The van der Waals surface area contributed by atoms with Crippen LogP contribution in [-0.2, 0) is 16.1 Å². The molecule has 9 nitrogen and oxygen atoms in total. The van der Waals surface area contributed by atoms with Crippen molar-refractivity contribution >= 4 is 44.2 Å². The number of aromatic amines is 1. The molecule has 11 heteroatoms. The first-order valence-electron chi connectivity index (χ1n) is 13.4. The topological polar surface area (TPSA) is 89.6 Å². The minimum atomic E-state index is -0.528. The number of hydrogen-bond donors (Lipinski definition) is 2. The van der Waals surface area contributed by atoms with Crippen LogP contribution in [0, 0.1) is 5.82 Å². The molecule has 206 valence electrons. The average Bonchev–Trinajstić information content (AvgIpc) is 3.58. The lowest BCUT2D eigenvalue weighted by atomic mass is 10.0. The number of nitrogens with zero attached hydrogens (tertiary/aromatic N) is 5. The van der Waals surface area contributed by atoms with Crippen LogP contribution in [0.2, 0.25) is 0 Å². The Balaban J connectivity index is 1.31.